The number of nitrogens with zero attached hydrogens (tertiary/aromatic N) is 2. The van der Waals surface area contributed by atoms with Crippen molar-refractivity contribution in [2.45, 2.75) is 32.6 Å². The topological polar surface area (TPSA) is 70.7 Å². The maximum atomic E-state index is 12.5. The first-order valence-corrected chi connectivity index (χ1v) is 9.33. The highest BCUT2D eigenvalue weighted by Gasteiger charge is 2.11. The van der Waals surface area contributed by atoms with Crippen LogP contribution in [0.5, 0.6) is 0 Å². The molecule has 3 aromatic rings. The number of aromatic amines is 1. The minimum absolute atomic E-state index is 0.391. The zero-order chi connectivity index (χ0) is 17.3. The summed E-state index contributed by atoms with van der Waals surface area (Å²) in [6, 6.07) is 7.72. The van der Waals surface area contributed by atoms with Crippen LogP contribution in [0.15, 0.2) is 35.4 Å². The molecule has 0 amide bonds. The largest absolute Gasteiger partial charge is 0.338 e. The zero-order valence-corrected chi connectivity index (χ0v) is 15.2. The third-order valence-corrected chi connectivity index (χ3v) is 5.72. The average Bonchev–Trinajstić information content (AvgIpc) is 2.86. The van der Waals surface area contributed by atoms with Gasteiger partial charge in [0.05, 0.1) is 22.0 Å². The smallest absolute Gasteiger partial charge is 0.155 e. The first kappa shape index (κ1) is 16.6. The van der Waals surface area contributed by atoms with Crippen LogP contribution < -0.4 is 5.32 Å². The van der Waals surface area contributed by atoms with E-state index in [1.165, 1.54) is 0 Å². The van der Waals surface area contributed by atoms with Gasteiger partial charge in [-0.3, -0.25) is 14.3 Å². The second-order valence-electron chi connectivity index (χ2n) is 6.39. The summed E-state index contributed by atoms with van der Waals surface area (Å²) < 4.78 is 12.5. The molecule has 24 heavy (non-hydrogen) atoms. The highest BCUT2D eigenvalue weighted by Crippen LogP contribution is 2.28. The Morgan fingerprint density at radius 2 is 2.04 bits per heavy atom. The van der Waals surface area contributed by atoms with Crippen molar-refractivity contribution in [2.75, 3.05) is 11.1 Å². The van der Waals surface area contributed by atoms with Gasteiger partial charge >= 0.3 is 0 Å². The molecule has 0 aliphatic carbocycles. The lowest BCUT2D eigenvalue weighted by molar-refractivity contribution is 0.665. The van der Waals surface area contributed by atoms with Crippen LogP contribution in [0.1, 0.15) is 25.1 Å². The van der Waals surface area contributed by atoms with Crippen LogP contribution in [-0.4, -0.2) is 25.1 Å². The summed E-state index contributed by atoms with van der Waals surface area (Å²) >= 11 is 0. The van der Waals surface area contributed by atoms with Gasteiger partial charge in [0.25, 0.3) is 0 Å². The average molecular weight is 342 g/mol. The van der Waals surface area contributed by atoms with Gasteiger partial charge in [-0.1, -0.05) is 13.8 Å². The van der Waals surface area contributed by atoms with Crippen LogP contribution in [0, 0.1) is 19.8 Å². The quantitative estimate of drug-likeness (QED) is 0.733. The second-order valence-corrected chi connectivity index (χ2v) is 7.89. The van der Waals surface area contributed by atoms with E-state index in [1.54, 1.807) is 6.20 Å². The first-order valence-electron chi connectivity index (χ1n) is 8.01. The Morgan fingerprint density at radius 3 is 2.71 bits per heavy atom. The molecule has 0 saturated heterocycles. The second kappa shape index (κ2) is 6.73. The van der Waals surface area contributed by atoms with Gasteiger partial charge in [-0.15, -0.1) is 0 Å². The Morgan fingerprint density at radius 1 is 1.25 bits per heavy atom. The minimum Gasteiger partial charge on any atom is -0.338 e. The molecule has 0 aliphatic rings. The molecule has 1 aromatic carbocycles. The maximum absolute atomic E-state index is 12.5. The van der Waals surface area contributed by atoms with Gasteiger partial charge in [0.15, 0.2) is 5.82 Å². The van der Waals surface area contributed by atoms with Gasteiger partial charge in [0.2, 0.25) is 0 Å². The SMILES string of the molecule is Cc1[nH]nc(Nc2ccnc3ccc(S(=O)CC(C)C)cc23)c1C. The third kappa shape index (κ3) is 3.33. The fourth-order valence-electron chi connectivity index (χ4n) is 2.51. The molecule has 3 rings (SSSR count). The predicted octanol–water partition coefficient (Wildman–Crippen LogP) is 4.08. The van der Waals surface area contributed by atoms with Crippen LogP contribution in [-0.2, 0) is 10.8 Å². The third-order valence-electron chi connectivity index (χ3n) is 3.97. The molecular weight excluding hydrogens is 320 g/mol. The number of benzene rings is 1. The molecule has 2 heterocycles. The number of anilines is 2. The van der Waals surface area contributed by atoms with E-state index in [-0.39, 0.29) is 0 Å². The van der Waals surface area contributed by atoms with Gasteiger partial charge < -0.3 is 5.32 Å². The number of hydrogen-bond donors (Lipinski definition) is 2. The predicted molar refractivity (Wildman–Crippen MR) is 99.2 cm³/mol. The Balaban J connectivity index is 2.01. The highest BCUT2D eigenvalue weighted by atomic mass is 32.2. The molecule has 2 aromatic heterocycles. The number of H-pyrrole nitrogens is 1. The number of hydrogen-bond acceptors (Lipinski definition) is 4. The molecule has 0 radical (unpaired) electrons. The van der Waals surface area contributed by atoms with Crippen molar-refractivity contribution in [3.63, 3.8) is 0 Å². The fraction of sp³-hybridized carbons (Fsp3) is 0.333. The Labute approximate surface area is 144 Å². The molecule has 6 heteroatoms. The van der Waals surface area contributed by atoms with E-state index in [4.69, 9.17) is 0 Å². The van der Waals surface area contributed by atoms with E-state index in [0.717, 1.165) is 38.6 Å². The lowest BCUT2D eigenvalue weighted by Crippen LogP contribution is -2.04. The lowest BCUT2D eigenvalue weighted by Gasteiger charge is -2.10. The number of pyridine rings is 1. The zero-order valence-electron chi connectivity index (χ0n) is 14.4. The van der Waals surface area contributed by atoms with Crippen LogP contribution in [0.3, 0.4) is 0 Å². The Kier molecular flexibility index (Phi) is 4.66. The van der Waals surface area contributed by atoms with E-state index in [9.17, 15) is 4.21 Å². The van der Waals surface area contributed by atoms with Crippen LogP contribution in [0.4, 0.5) is 11.5 Å². The standard InChI is InChI=1S/C18H22N4OS/c1-11(2)10-24(23)14-5-6-16-15(9-14)17(7-8-19-16)20-18-12(3)13(4)21-22-18/h5-9,11H,10H2,1-4H3,(H2,19,20,21,22). The molecule has 0 fully saturated rings. The summed E-state index contributed by atoms with van der Waals surface area (Å²) in [7, 11) is -1.00. The summed E-state index contributed by atoms with van der Waals surface area (Å²) in [5, 5.41) is 11.6. The number of fused-ring (bicyclic) bond motifs is 1. The number of aromatic nitrogens is 3. The van der Waals surface area contributed by atoms with Crippen molar-refractivity contribution in [1.29, 1.82) is 0 Å². The normalized spacial score (nSPS) is 12.7. The number of rotatable bonds is 5. The molecule has 0 bridgehead atoms. The van der Waals surface area contributed by atoms with E-state index in [1.807, 2.05) is 38.1 Å². The number of nitrogens with one attached hydrogen (secondary N) is 2. The van der Waals surface area contributed by atoms with Crippen LogP contribution in [0.2, 0.25) is 0 Å². The van der Waals surface area contributed by atoms with Crippen molar-refractivity contribution in [3.8, 4) is 0 Å². The van der Waals surface area contributed by atoms with E-state index in [2.05, 4.69) is 34.3 Å². The lowest BCUT2D eigenvalue weighted by atomic mass is 10.2. The van der Waals surface area contributed by atoms with Crippen molar-refractivity contribution < 1.29 is 4.21 Å². The van der Waals surface area contributed by atoms with Crippen molar-refractivity contribution in [1.82, 2.24) is 15.2 Å². The van der Waals surface area contributed by atoms with Gasteiger partial charge in [-0.05, 0) is 44.0 Å². The van der Waals surface area contributed by atoms with Crippen molar-refractivity contribution in [3.05, 3.63) is 41.7 Å². The maximum Gasteiger partial charge on any atom is 0.155 e. The molecule has 5 nitrogen and oxygen atoms in total. The molecule has 1 atom stereocenters. The van der Waals surface area contributed by atoms with Crippen LogP contribution >= 0.6 is 0 Å². The molecule has 0 aliphatic heterocycles. The summed E-state index contributed by atoms with van der Waals surface area (Å²) in [6.45, 7) is 8.17. The summed E-state index contributed by atoms with van der Waals surface area (Å²) in [6.07, 6.45) is 1.77. The van der Waals surface area contributed by atoms with Crippen molar-refractivity contribution >= 4 is 33.2 Å². The first-order chi connectivity index (χ1) is 11.5. The Bertz CT molecular complexity index is 901. The van der Waals surface area contributed by atoms with E-state index >= 15 is 0 Å². The molecule has 1 unspecified atom stereocenters. The molecule has 0 saturated carbocycles. The monoisotopic (exact) mass is 342 g/mol. The van der Waals surface area contributed by atoms with E-state index in [0.29, 0.717) is 11.7 Å². The highest BCUT2D eigenvalue weighted by molar-refractivity contribution is 7.85. The van der Waals surface area contributed by atoms with Crippen LogP contribution in [0.25, 0.3) is 10.9 Å². The summed E-state index contributed by atoms with van der Waals surface area (Å²) in [5.41, 5.74) is 3.90. The van der Waals surface area contributed by atoms with Crippen molar-refractivity contribution in [2.24, 2.45) is 5.92 Å². The summed E-state index contributed by atoms with van der Waals surface area (Å²) in [5.74, 6) is 1.85. The molecule has 0 spiro atoms. The fourth-order valence-corrected chi connectivity index (χ4v) is 3.78. The molecule has 126 valence electrons. The van der Waals surface area contributed by atoms with E-state index < -0.39 is 10.8 Å². The molecular formula is C18H22N4OS. The number of aryl methyl sites for hydroxylation is 1. The van der Waals surface area contributed by atoms with Gasteiger partial charge in [-0.2, -0.15) is 5.10 Å². The van der Waals surface area contributed by atoms with Gasteiger partial charge in [0.1, 0.15) is 0 Å². The van der Waals surface area contributed by atoms with Gasteiger partial charge in [-0.25, -0.2) is 0 Å². The Hall–Kier alpha value is -2.21. The molecule has 2 N–H and O–H groups in total. The van der Waals surface area contributed by atoms with Gasteiger partial charge in [0, 0.05) is 33.5 Å². The summed E-state index contributed by atoms with van der Waals surface area (Å²) in [4.78, 5) is 5.24. The minimum atomic E-state index is -1.00.